The molecule has 0 saturated heterocycles. The van der Waals surface area contributed by atoms with Crippen molar-refractivity contribution in [2.24, 2.45) is 11.8 Å². The van der Waals surface area contributed by atoms with E-state index in [0.29, 0.717) is 28.5 Å². The van der Waals surface area contributed by atoms with Crippen LogP contribution in [0.4, 0.5) is 0 Å². The molecule has 1 aliphatic heterocycles. The van der Waals surface area contributed by atoms with Crippen LogP contribution in [0.5, 0.6) is 0 Å². The molecule has 0 amide bonds. The Morgan fingerprint density at radius 1 is 0.939 bits per heavy atom. The Kier molecular flexibility index (Phi) is 12.7. The first-order valence-electron chi connectivity index (χ1n) is 10.8. The smallest absolute Gasteiger partial charge is 0.656 e. The molecule has 0 N–H and O–H groups in total. The minimum Gasteiger partial charge on any atom is -0.656 e. The number of fused-ring (bicyclic) bond motifs is 3. The van der Waals surface area contributed by atoms with Crippen LogP contribution >= 0.6 is 34.4 Å². The molecule has 1 saturated carbocycles. The van der Waals surface area contributed by atoms with Gasteiger partial charge in [-0.15, -0.1) is 17.3 Å². The van der Waals surface area contributed by atoms with Crippen LogP contribution in [0.25, 0.3) is 4.98 Å². The number of hydrogen-bond donors (Lipinski definition) is 0. The second kappa shape index (κ2) is 12.6. The first-order chi connectivity index (χ1) is 13.7. The predicted molar refractivity (Wildman–Crippen MR) is 159 cm³/mol. The molecule has 4 rings (SSSR count). The van der Waals surface area contributed by atoms with E-state index in [4.69, 9.17) is 4.98 Å². The van der Waals surface area contributed by atoms with Gasteiger partial charge >= 0.3 is 21.7 Å². The molecular formula is C28H42INSSiTi. The van der Waals surface area contributed by atoms with E-state index in [1.807, 2.05) is 0 Å². The molecule has 0 radical (unpaired) electrons. The van der Waals surface area contributed by atoms with Crippen molar-refractivity contribution >= 4 is 47.8 Å². The maximum atomic E-state index is 5.68. The molecule has 6 unspecified atom stereocenters. The summed E-state index contributed by atoms with van der Waals surface area (Å²) in [4.78, 5) is 7.19. The fourth-order valence-corrected chi connectivity index (χ4v) is 14.2. The fraction of sp³-hybridized carbons (Fsp3) is 0.464. The second-order valence-electron chi connectivity index (χ2n) is 10.2. The number of benzene rings is 2. The molecule has 2 aromatic carbocycles. The fourth-order valence-electron chi connectivity index (χ4n) is 5.88. The molecule has 0 spiro atoms. The van der Waals surface area contributed by atoms with E-state index in [1.54, 1.807) is 5.56 Å². The van der Waals surface area contributed by atoms with Crippen LogP contribution in [-0.2, 0) is 26.1 Å². The molecular weight excluding hydrogens is 585 g/mol. The van der Waals surface area contributed by atoms with E-state index in [-0.39, 0.29) is 49.5 Å². The van der Waals surface area contributed by atoms with Crippen LogP contribution in [0.1, 0.15) is 51.7 Å². The van der Waals surface area contributed by atoms with Crippen LogP contribution in [0.15, 0.2) is 53.4 Å². The van der Waals surface area contributed by atoms with Gasteiger partial charge in [-0.2, -0.15) is 0 Å². The van der Waals surface area contributed by atoms with Crippen molar-refractivity contribution in [1.82, 2.24) is 0 Å². The number of alkyl halides is 1. The molecule has 2 aliphatic rings. The Morgan fingerprint density at radius 2 is 1.52 bits per heavy atom. The van der Waals surface area contributed by atoms with Crippen molar-refractivity contribution in [3.05, 3.63) is 86.9 Å². The second-order valence-corrected chi connectivity index (χ2v) is 15.9. The zero-order valence-corrected chi connectivity index (χ0v) is 27.5. The summed E-state index contributed by atoms with van der Waals surface area (Å²) in [7, 11) is -2.09. The van der Waals surface area contributed by atoms with E-state index < -0.39 is 8.24 Å². The van der Waals surface area contributed by atoms with Crippen molar-refractivity contribution in [3.63, 3.8) is 0 Å². The van der Waals surface area contributed by atoms with Crippen LogP contribution in [0.2, 0.25) is 12.1 Å². The third-order valence-electron chi connectivity index (χ3n) is 7.12. The van der Waals surface area contributed by atoms with Crippen LogP contribution in [0, 0.1) is 34.1 Å². The van der Waals surface area contributed by atoms with E-state index in [1.165, 1.54) is 15.6 Å². The maximum Gasteiger partial charge on any atom is 4.00 e. The van der Waals surface area contributed by atoms with Gasteiger partial charge < -0.3 is 27.3 Å². The first-order valence-corrected chi connectivity index (χ1v) is 15.7. The average Bonchev–Trinajstić information content (AvgIpc) is 3.15. The Balaban J connectivity index is 0.00000256. The summed E-state index contributed by atoms with van der Waals surface area (Å²) in [5, 5.41) is 2.17. The van der Waals surface area contributed by atoms with Crippen molar-refractivity contribution < 1.29 is 21.7 Å². The zero-order valence-electron chi connectivity index (χ0n) is 21.9. The number of halogens is 1. The standard InChI is InChI=1S/C25H33INSSi.3CH3.Ti/c1-16-17(2)24(23-22(16)20-9-7-8-10-21(20)28-23)29(6,27-25(3,4)5)19-13-11-18(15-26)12-14-19;;;;/h7-14,16-17,22-24H,15H2,1-6H3;3*1H3;/q4*-1;+4. The molecule has 1 nitrogen and oxygen atoms in total. The SMILES string of the molecule is CC1C(C)C([Si](C)([N-]C(C)(C)C)c2ccc(CI)cc2)C2Sc3ccccc3C12.[CH3-].[CH3-].[CH3-].[Ti+4]. The Bertz CT molecular complexity index is 884. The summed E-state index contributed by atoms with van der Waals surface area (Å²) in [5.74, 6) is 2.07. The number of nitrogens with zero attached hydrogens (tertiary/aromatic N) is 1. The van der Waals surface area contributed by atoms with Gasteiger partial charge in [0.15, 0.2) is 0 Å². The van der Waals surface area contributed by atoms with E-state index in [9.17, 15) is 0 Å². The molecule has 5 heteroatoms. The minimum atomic E-state index is -2.09. The Hall–Kier alpha value is 0.411. The zero-order chi connectivity index (χ0) is 21.0. The van der Waals surface area contributed by atoms with Gasteiger partial charge in [0.25, 0.3) is 0 Å². The third-order valence-corrected chi connectivity index (χ3v) is 14.5. The monoisotopic (exact) mass is 627 g/mol. The van der Waals surface area contributed by atoms with Gasteiger partial charge in [0, 0.05) is 14.6 Å². The van der Waals surface area contributed by atoms with Gasteiger partial charge in [0.2, 0.25) is 0 Å². The summed E-state index contributed by atoms with van der Waals surface area (Å²) < 4.78 is 1.07. The normalized spacial score (nSPS) is 26.9. The van der Waals surface area contributed by atoms with Gasteiger partial charge in [-0.25, -0.2) is 0 Å². The molecule has 1 aliphatic carbocycles. The first kappa shape index (κ1) is 33.4. The maximum absolute atomic E-state index is 5.68. The summed E-state index contributed by atoms with van der Waals surface area (Å²) in [6.07, 6.45) is 0. The average molecular weight is 628 g/mol. The van der Waals surface area contributed by atoms with E-state index >= 15 is 0 Å². The van der Waals surface area contributed by atoms with Gasteiger partial charge in [-0.1, -0.05) is 111 Å². The molecule has 180 valence electrons. The molecule has 6 atom stereocenters. The van der Waals surface area contributed by atoms with Crippen molar-refractivity contribution in [1.29, 1.82) is 0 Å². The largest absolute Gasteiger partial charge is 4.00 e. The summed E-state index contributed by atoms with van der Waals surface area (Å²) in [6, 6.07) is 18.6. The topological polar surface area (TPSA) is 14.1 Å². The number of hydrogen-bond acceptors (Lipinski definition) is 1. The minimum absolute atomic E-state index is 0. The summed E-state index contributed by atoms with van der Waals surface area (Å²) >= 11 is 4.61. The quantitative estimate of drug-likeness (QED) is 0.143. The molecule has 0 aromatic heterocycles. The number of rotatable bonds is 4. The van der Waals surface area contributed by atoms with E-state index in [0.717, 1.165) is 4.43 Å². The Labute approximate surface area is 239 Å². The van der Waals surface area contributed by atoms with Crippen LogP contribution < -0.4 is 5.19 Å². The summed E-state index contributed by atoms with van der Waals surface area (Å²) in [5.41, 5.74) is 3.65. The third kappa shape index (κ3) is 6.22. The molecule has 1 heterocycles. The molecule has 2 aromatic rings. The van der Waals surface area contributed by atoms with Crippen LogP contribution in [-0.4, -0.2) is 19.0 Å². The molecule has 1 fully saturated rings. The molecule has 33 heavy (non-hydrogen) atoms. The van der Waals surface area contributed by atoms with Crippen molar-refractivity contribution in [3.8, 4) is 0 Å². The Morgan fingerprint density at radius 3 is 2.06 bits per heavy atom. The van der Waals surface area contributed by atoms with Gasteiger partial charge in [-0.05, 0) is 48.7 Å². The van der Waals surface area contributed by atoms with Crippen molar-refractivity contribution in [2.75, 3.05) is 0 Å². The van der Waals surface area contributed by atoms with Crippen molar-refractivity contribution in [2.45, 2.75) is 72.7 Å². The predicted octanol–water partition coefficient (Wildman–Crippen LogP) is 8.84. The van der Waals surface area contributed by atoms with Gasteiger partial charge in [0.05, 0.1) is 0 Å². The van der Waals surface area contributed by atoms with Gasteiger partial charge in [-0.3, -0.25) is 0 Å². The summed E-state index contributed by atoms with van der Waals surface area (Å²) in [6.45, 7) is 14.4. The van der Waals surface area contributed by atoms with Gasteiger partial charge in [0.1, 0.15) is 0 Å². The molecule has 0 bridgehead atoms. The number of thioether (sulfide) groups is 1. The van der Waals surface area contributed by atoms with E-state index in [2.05, 4.69) is 124 Å². The van der Waals surface area contributed by atoms with Crippen LogP contribution in [0.3, 0.4) is 0 Å².